The summed E-state index contributed by atoms with van der Waals surface area (Å²) in [5.74, 6) is -1.08. The number of aromatic nitrogens is 1. The van der Waals surface area contributed by atoms with Crippen molar-refractivity contribution >= 4 is 28.9 Å². The van der Waals surface area contributed by atoms with Crippen LogP contribution in [0.4, 0.5) is 8.78 Å². The van der Waals surface area contributed by atoms with E-state index in [1.807, 2.05) is 13.0 Å². The molecule has 2 aromatic carbocycles. The summed E-state index contributed by atoms with van der Waals surface area (Å²) in [6.45, 7) is 0.652. The maximum atomic E-state index is 13.3. The average Bonchev–Trinajstić information content (AvgIpc) is 2.99. The van der Waals surface area contributed by atoms with E-state index in [9.17, 15) is 23.6 Å². The number of amides is 1. The summed E-state index contributed by atoms with van der Waals surface area (Å²) < 4.78 is 31.4. The van der Waals surface area contributed by atoms with Crippen molar-refractivity contribution in [2.75, 3.05) is 0 Å². The number of ether oxygens (including phenoxy) is 1. The van der Waals surface area contributed by atoms with Crippen LogP contribution in [-0.4, -0.2) is 17.1 Å². The number of rotatable bonds is 5. The van der Waals surface area contributed by atoms with E-state index in [0.717, 1.165) is 22.5 Å². The van der Waals surface area contributed by atoms with E-state index >= 15 is 0 Å². The van der Waals surface area contributed by atoms with Gasteiger partial charge < -0.3 is 10.5 Å². The smallest absolute Gasteiger partial charge is 0.387 e. The highest BCUT2D eigenvalue weighted by atomic mass is 32.1. The number of nitrogens with two attached hydrogens (primary N) is 1. The van der Waals surface area contributed by atoms with E-state index in [1.165, 1.54) is 28.8 Å². The topological polar surface area (TPSA) is 98.1 Å². The van der Waals surface area contributed by atoms with Gasteiger partial charge in [0.1, 0.15) is 16.5 Å². The molecule has 0 fully saturated rings. The molecule has 0 saturated heterocycles. The number of thiazole rings is 1. The number of benzene rings is 2. The molecular weight excluding hydrogens is 424 g/mol. The molecule has 6 nitrogen and oxygen atoms in total. The normalized spacial score (nSPS) is 12.6. The molecule has 0 unspecified atom stereocenters. The third kappa shape index (κ3) is 4.54. The van der Waals surface area contributed by atoms with Crippen molar-refractivity contribution in [3.05, 3.63) is 78.7 Å². The zero-order valence-corrected chi connectivity index (χ0v) is 17.4. The molecule has 3 aromatic rings. The van der Waals surface area contributed by atoms with Crippen molar-refractivity contribution in [2.45, 2.75) is 20.5 Å². The average molecular weight is 441 g/mol. The van der Waals surface area contributed by atoms with Crippen LogP contribution in [0.2, 0.25) is 0 Å². The number of alkyl halides is 2. The van der Waals surface area contributed by atoms with Crippen LogP contribution in [0.15, 0.2) is 47.3 Å². The summed E-state index contributed by atoms with van der Waals surface area (Å²) in [6.07, 6.45) is 1.38. The van der Waals surface area contributed by atoms with Gasteiger partial charge in [0.15, 0.2) is 5.57 Å². The maximum absolute atomic E-state index is 13.3. The number of carbonyl (C=O) groups excluding carboxylic acids is 1. The van der Waals surface area contributed by atoms with E-state index in [4.69, 9.17) is 5.73 Å². The lowest BCUT2D eigenvalue weighted by Crippen LogP contribution is -2.33. The molecule has 158 valence electrons. The number of primary amides is 1. The van der Waals surface area contributed by atoms with Crippen LogP contribution in [0.25, 0.3) is 17.3 Å². The van der Waals surface area contributed by atoms with Gasteiger partial charge in [-0.05, 0) is 37.6 Å². The number of nitrogens with zero attached hydrogens (tertiary/aromatic N) is 2. The predicted molar refractivity (Wildman–Crippen MR) is 113 cm³/mol. The quantitative estimate of drug-likeness (QED) is 0.656. The molecule has 0 radical (unpaired) electrons. The van der Waals surface area contributed by atoms with Crippen molar-refractivity contribution in [1.82, 2.24) is 4.57 Å². The summed E-state index contributed by atoms with van der Waals surface area (Å²) in [7, 11) is 0. The van der Waals surface area contributed by atoms with Gasteiger partial charge in [0.2, 0.25) is 0 Å². The van der Waals surface area contributed by atoms with Crippen LogP contribution < -0.4 is 25.2 Å². The second-order valence-electron chi connectivity index (χ2n) is 6.61. The van der Waals surface area contributed by atoms with Gasteiger partial charge >= 0.3 is 6.61 Å². The van der Waals surface area contributed by atoms with Crippen LogP contribution in [0, 0.1) is 25.2 Å². The summed E-state index contributed by atoms with van der Waals surface area (Å²) >= 11 is 0.869. The van der Waals surface area contributed by atoms with Crippen LogP contribution >= 0.6 is 11.3 Å². The minimum Gasteiger partial charge on any atom is -0.434 e. The first-order valence-electron chi connectivity index (χ1n) is 9.02. The van der Waals surface area contributed by atoms with Crippen molar-refractivity contribution in [1.29, 1.82) is 5.26 Å². The molecule has 0 aliphatic heterocycles. The molecule has 1 amide bonds. The van der Waals surface area contributed by atoms with Gasteiger partial charge in [-0.3, -0.25) is 14.2 Å². The largest absolute Gasteiger partial charge is 0.434 e. The Morgan fingerprint density at radius 2 is 1.97 bits per heavy atom. The molecule has 9 heteroatoms. The van der Waals surface area contributed by atoms with Gasteiger partial charge in [-0.25, -0.2) is 0 Å². The Labute approximate surface area is 179 Å². The van der Waals surface area contributed by atoms with Gasteiger partial charge in [-0.15, -0.1) is 11.3 Å². The van der Waals surface area contributed by atoms with Gasteiger partial charge in [0, 0.05) is 5.56 Å². The molecule has 0 aliphatic carbocycles. The van der Waals surface area contributed by atoms with Crippen molar-refractivity contribution < 1.29 is 18.3 Å². The molecule has 0 spiro atoms. The molecule has 0 saturated carbocycles. The Balaban J connectivity index is 2.41. The number of nitriles is 1. The van der Waals surface area contributed by atoms with Crippen molar-refractivity contribution in [3.63, 3.8) is 0 Å². The highest BCUT2D eigenvalue weighted by Crippen LogP contribution is 2.21. The Morgan fingerprint density at radius 3 is 2.58 bits per heavy atom. The Morgan fingerprint density at radius 1 is 1.26 bits per heavy atom. The summed E-state index contributed by atoms with van der Waals surface area (Å²) in [5, 5.41) is 9.46. The number of carbonyl (C=O) groups is 1. The zero-order valence-electron chi connectivity index (χ0n) is 16.6. The molecule has 3 rings (SSSR count). The fourth-order valence-corrected chi connectivity index (χ4v) is 4.17. The lowest BCUT2D eigenvalue weighted by molar-refractivity contribution is -0.112. The number of para-hydroxylation sites is 1. The molecule has 1 aromatic heterocycles. The van der Waals surface area contributed by atoms with E-state index in [-0.39, 0.29) is 26.1 Å². The maximum Gasteiger partial charge on any atom is 0.387 e. The second-order valence-corrected chi connectivity index (χ2v) is 7.64. The fraction of sp³-hybridized carbons (Fsp3) is 0.136. The first-order chi connectivity index (χ1) is 14.7. The number of halogens is 2. The minimum absolute atomic E-state index is 0.0606. The Kier molecular flexibility index (Phi) is 6.32. The number of hydrogen-bond acceptors (Lipinski definition) is 5. The molecule has 1 heterocycles. The van der Waals surface area contributed by atoms with Gasteiger partial charge in [0.25, 0.3) is 11.5 Å². The van der Waals surface area contributed by atoms with Gasteiger partial charge in [-0.1, -0.05) is 35.9 Å². The standard InChI is InChI=1S/C22H17F2N3O3S/c1-12-7-8-16(13(2)9-12)27-20(29)18(31-21(27)15(11-25)19(26)28)10-14-5-3-4-6-17(14)30-22(23)24/h3-10,22H,1-2H3,(H2,26,28)/b18-10+,21-15+. The molecule has 2 N–H and O–H groups in total. The Bertz CT molecular complexity index is 1380. The molecule has 0 aliphatic rings. The SMILES string of the molecule is Cc1ccc(-n2c(=O)/c(=C\c3ccccc3OC(F)F)s/c2=C(\C#N)C(N)=O)c(C)c1. The van der Waals surface area contributed by atoms with E-state index in [2.05, 4.69) is 4.74 Å². The van der Waals surface area contributed by atoms with Crippen LogP contribution in [0.1, 0.15) is 16.7 Å². The summed E-state index contributed by atoms with van der Waals surface area (Å²) in [5.41, 5.74) is 6.90. The molecule has 31 heavy (non-hydrogen) atoms. The predicted octanol–water partition coefficient (Wildman–Crippen LogP) is 2.11. The van der Waals surface area contributed by atoms with Crippen LogP contribution in [-0.2, 0) is 4.79 Å². The monoisotopic (exact) mass is 441 g/mol. The highest BCUT2D eigenvalue weighted by molar-refractivity contribution is 7.07. The first-order valence-corrected chi connectivity index (χ1v) is 9.84. The number of hydrogen-bond donors (Lipinski definition) is 1. The van der Waals surface area contributed by atoms with Crippen molar-refractivity contribution in [2.24, 2.45) is 5.73 Å². The third-order valence-corrected chi connectivity index (χ3v) is 5.50. The van der Waals surface area contributed by atoms with Crippen molar-refractivity contribution in [3.8, 4) is 17.5 Å². The highest BCUT2D eigenvalue weighted by Gasteiger charge is 2.16. The van der Waals surface area contributed by atoms with Gasteiger partial charge in [-0.2, -0.15) is 14.0 Å². The molecule has 0 atom stereocenters. The molecule has 0 bridgehead atoms. The van der Waals surface area contributed by atoms with E-state index in [1.54, 1.807) is 31.2 Å². The van der Waals surface area contributed by atoms with Crippen LogP contribution in [0.3, 0.4) is 0 Å². The fourth-order valence-electron chi connectivity index (χ4n) is 3.08. The number of aryl methyl sites for hydroxylation is 2. The lowest BCUT2D eigenvalue weighted by atomic mass is 10.1. The van der Waals surface area contributed by atoms with Gasteiger partial charge in [0.05, 0.1) is 10.2 Å². The van der Waals surface area contributed by atoms with E-state index in [0.29, 0.717) is 5.69 Å². The lowest BCUT2D eigenvalue weighted by Gasteiger charge is -2.08. The Hall–Kier alpha value is -3.77. The zero-order chi connectivity index (χ0) is 22.7. The third-order valence-electron chi connectivity index (χ3n) is 4.41. The van der Waals surface area contributed by atoms with E-state index < -0.39 is 18.1 Å². The summed E-state index contributed by atoms with van der Waals surface area (Å²) in [4.78, 5) is 25.1. The van der Waals surface area contributed by atoms with Crippen LogP contribution in [0.5, 0.6) is 5.75 Å². The molecular formula is C22H17F2N3O3S. The first kappa shape index (κ1) is 21.9. The summed E-state index contributed by atoms with van der Waals surface area (Å²) in [6, 6.07) is 13.1. The minimum atomic E-state index is -3.03. The second kappa shape index (κ2) is 8.93.